The second-order valence-electron chi connectivity index (χ2n) is 6.09. The van der Waals surface area contributed by atoms with E-state index >= 15 is 0 Å². The van der Waals surface area contributed by atoms with Crippen molar-refractivity contribution in [2.24, 2.45) is 0 Å². The maximum absolute atomic E-state index is 11.2. The second kappa shape index (κ2) is 6.81. The quantitative estimate of drug-likeness (QED) is 0.463. The summed E-state index contributed by atoms with van der Waals surface area (Å²) in [6.07, 6.45) is 1.58. The number of fused-ring (bicyclic) bond motifs is 1. The van der Waals surface area contributed by atoms with Crippen molar-refractivity contribution in [1.82, 2.24) is 4.98 Å². The third kappa shape index (κ3) is 3.20. The Morgan fingerprint density at radius 1 is 0.808 bits per heavy atom. The predicted molar refractivity (Wildman–Crippen MR) is 104 cm³/mol. The van der Waals surface area contributed by atoms with Gasteiger partial charge in [0.05, 0.1) is 11.7 Å². The molecule has 1 heterocycles. The molecule has 0 saturated carbocycles. The first-order valence-corrected chi connectivity index (χ1v) is 8.44. The zero-order valence-electron chi connectivity index (χ0n) is 14.3. The van der Waals surface area contributed by atoms with E-state index < -0.39 is 0 Å². The average molecular weight is 339 g/mol. The van der Waals surface area contributed by atoms with Crippen LogP contribution in [0.4, 0.5) is 0 Å². The number of hydrogen-bond donors (Lipinski definition) is 0. The summed E-state index contributed by atoms with van der Waals surface area (Å²) in [6, 6.07) is 26.6. The molecular weight excluding hydrogens is 322 g/mol. The van der Waals surface area contributed by atoms with Gasteiger partial charge in [-0.15, -0.1) is 0 Å². The van der Waals surface area contributed by atoms with E-state index in [2.05, 4.69) is 41.4 Å². The fraction of sp³-hybridized carbons (Fsp3) is 0.0435. The average Bonchev–Trinajstić information content (AvgIpc) is 2.68. The molecule has 0 spiro atoms. The van der Waals surface area contributed by atoms with E-state index in [1.807, 2.05) is 42.5 Å². The number of benzene rings is 3. The molecule has 0 radical (unpaired) electrons. The maximum Gasteiger partial charge on any atom is 0.308 e. The minimum Gasteiger partial charge on any atom is -0.425 e. The van der Waals surface area contributed by atoms with Crippen molar-refractivity contribution in [3.8, 4) is 28.0 Å². The van der Waals surface area contributed by atoms with Gasteiger partial charge in [-0.1, -0.05) is 60.7 Å². The number of ether oxygens (including phenoxy) is 1. The summed E-state index contributed by atoms with van der Waals surface area (Å²) in [5.74, 6) is 0.104. The molecule has 0 aliphatic carbocycles. The molecule has 26 heavy (non-hydrogen) atoms. The molecule has 4 aromatic rings. The third-order valence-electron chi connectivity index (χ3n) is 4.23. The molecule has 0 aliphatic heterocycles. The van der Waals surface area contributed by atoms with Crippen LogP contribution in [0.1, 0.15) is 6.92 Å². The van der Waals surface area contributed by atoms with Crippen molar-refractivity contribution in [3.05, 3.63) is 85.1 Å². The SMILES string of the molecule is CC(=O)Oc1cnc2cc(-c3ccccc3)c(-c3ccccc3)cc2c1. The van der Waals surface area contributed by atoms with Gasteiger partial charge in [-0.05, 0) is 40.5 Å². The summed E-state index contributed by atoms with van der Waals surface area (Å²) in [7, 11) is 0. The van der Waals surface area contributed by atoms with Crippen molar-refractivity contribution in [1.29, 1.82) is 0 Å². The first kappa shape index (κ1) is 16.0. The van der Waals surface area contributed by atoms with Crippen LogP contribution in [0.25, 0.3) is 33.2 Å². The van der Waals surface area contributed by atoms with E-state index in [-0.39, 0.29) is 5.97 Å². The number of pyridine rings is 1. The highest BCUT2D eigenvalue weighted by Gasteiger charge is 2.11. The lowest BCUT2D eigenvalue weighted by Gasteiger charge is -2.13. The smallest absolute Gasteiger partial charge is 0.308 e. The van der Waals surface area contributed by atoms with E-state index in [1.54, 1.807) is 6.20 Å². The molecule has 4 rings (SSSR count). The monoisotopic (exact) mass is 339 g/mol. The van der Waals surface area contributed by atoms with Crippen LogP contribution in [0, 0.1) is 0 Å². The molecule has 3 nitrogen and oxygen atoms in total. The number of esters is 1. The summed E-state index contributed by atoms with van der Waals surface area (Å²) >= 11 is 0. The highest BCUT2D eigenvalue weighted by Crippen LogP contribution is 2.35. The van der Waals surface area contributed by atoms with Crippen molar-refractivity contribution in [2.75, 3.05) is 0 Å². The Morgan fingerprint density at radius 2 is 1.38 bits per heavy atom. The van der Waals surface area contributed by atoms with Crippen LogP contribution in [0.5, 0.6) is 5.75 Å². The van der Waals surface area contributed by atoms with Crippen LogP contribution in [0.3, 0.4) is 0 Å². The number of carbonyl (C=O) groups excluding carboxylic acids is 1. The Morgan fingerprint density at radius 3 is 1.96 bits per heavy atom. The van der Waals surface area contributed by atoms with Crippen LogP contribution in [-0.2, 0) is 4.79 Å². The summed E-state index contributed by atoms with van der Waals surface area (Å²) in [5.41, 5.74) is 5.37. The van der Waals surface area contributed by atoms with Crippen LogP contribution in [0.2, 0.25) is 0 Å². The lowest BCUT2D eigenvalue weighted by molar-refractivity contribution is -0.131. The summed E-state index contributed by atoms with van der Waals surface area (Å²) in [4.78, 5) is 15.7. The number of carbonyl (C=O) groups is 1. The van der Waals surface area contributed by atoms with Gasteiger partial charge in [0.2, 0.25) is 0 Å². The van der Waals surface area contributed by atoms with Gasteiger partial charge in [0.15, 0.2) is 0 Å². The maximum atomic E-state index is 11.2. The standard InChI is InChI=1S/C23H17NO2/c1-16(25)26-20-12-19-13-21(17-8-4-2-5-9-17)22(14-23(19)24-15-20)18-10-6-3-7-11-18/h2-15H,1H3. The van der Waals surface area contributed by atoms with Gasteiger partial charge in [-0.2, -0.15) is 0 Å². The van der Waals surface area contributed by atoms with Crippen LogP contribution in [-0.4, -0.2) is 11.0 Å². The molecule has 0 fully saturated rings. The minimum absolute atomic E-state index is 0.352. The molecule has 0 unspecified atom stereocenters. The molecule has 0 amide bonds. The predicted octanol–water partition coefficient (Wildman–Crippen LogP) is 5.49. The molecule has 0 atom stereocenters. The molecule has 0 bridgehead atoms. The minimum atomic E-state index is -0.352. The van der Waals surface area contributed by atoms with Gasteiger partial charge in [0.1, 0.15) is 5.75 Å². The Labute approximate surface area is 151 Å². The molecule has 3 heteroatoms. The molecule has 1 aromatic heterocycles. The van der Waals surface area contributed by atoms with E-state index in [1.165, 1.54) is 6.92 Å². The number of nitrogens with zero attached hydrogens (tertiary/aromatic N) is 1. The molecular formula is C23H17NO2. The van der Waals surface area contributed by atoms with E-state index in [0.29, 0.717) is 5.75 Å². The van der Waals surface area contributed by atoms with E-state index in [4.69, 9.17) is 4.74 Å². The van der Waals surface area contributed by atoms with Crippen molar-refractivity contribution >= 4 is 16.9 Å². The zero-order chi connectivity index (χ0) is 17.9. The van der Waals surface area contributed by atoms with Gasteiger partial charge in [0, 0.05) is 12.3 Å². The zero-order valence-corrected chi connectivity index (χ0v) is 14.3. The lowest BCUT2D eigenvalue weighted by Crippen LogP contribution is -2.01. The van der Waals surface area contributed by atoms with Crippen molar-refractivity contribution in [2.45, 2.75) is 6.92 Å². The first-order valence-electron chi connectivity index (χ1n) is 8.44. The topological polar surface area (TPSA) is 39.2 Å². The molecule has 126 valence electrons. The highest BCUT2D eigenvalue weighted by molar-refractivity contribution is 5.95. The number of rotatable bonds is 3. The van der Waals surface area contributed by atoms with Gasteiger partial charge in [-0.25, -0.2) is 0 Å². The second-order valence-corrected chi connectivity index (χ2v) is 6.09. The van der Waals surface area contributed by atoms with Crippen molar-refractivity contribution < 1.29 is 9.53 Å². The number of aromatic nitrogens is 1. The number of hydrogen-bond acceptors (Lipinski definition) is 3. The van der Waals surface area contributed by atoms with E-state index in [9.17, 15) is 4.79 Å². The Bertz CT molecular complexity index is 1070. The highest BCUT2D eigenvalue weighted by atomic mass is 16.5. The molecule has 0 saturated heterocycles. The van der Waals surface area contributed by atoms with Crippen LogP contribution in [0.15, 0.2) is 85.1 Å². The normalized spacial score (nSPS) is 10.7. The van der Waals surface area contributed by atoms with E-state index in [0.717, 1.165) is 33.2 Å². The summed E-state index contributed by atoms with van der Waals surface area (Å²) in [5, 5.41) is 0.933. The van der Waals surface area contributed by atoms with Crippen molar-refractivity contribution in [3.63, 3.8) is 0 Å². The molecule has 0 N–H and O–H groups in total. The largest absolute Gasteiger partial charge is 0.425 e. The molecule has 3 aromatic carbocycles. The molecule has 0 aliphatic rings. The van der Waals surface area contributed by atoms with Crippen LogP contribution >= 0.6 is 0 Å². The van der Waals surface area contributed by atoms with Gasteiger partial charge in [0.25, 0.3) is 0 Å². The fourth-order valence-electron chi connectivity index (χ4n) is 3.09. The fourth-order valence-corrected chi connectivity index (χ4v) is 3.09. The first-order chi connectivity index (χ1) is 12.7. The van der Waals surface area contributed by atoms with Crippen LogP contribution < -0.4 is 4.74 Å². The Kier molecular flexibility index (Phi) is 4.20. The summed E-state index contributed by atoms with van der Waals surface area (Å²) < 4.78 is 5.18. The van der Waals surface area contributed by atoms with Gasteiger partial charge in [-0.3, -0.25) is 9.78 Å². The summed E-state index contributed by atoms with van der Waals surface area (Å²) in [6.45, 7) is 1.39. The lowest BCUT2D eigenvalue weighted by atomic mass is 9.93. The third-order valence-corrected chi connectivity index (χ3v) is 4.23. The van der Waals surface area contributed by atoms with Gasteiger partial charge >= 0.3 is 5.97 Å². The van der Waals surface area contributed by atoms with Gasteiger partial charge < -0.3 is 4.74 Å². The Hall–Kier alpha value is -3.46. The Balaban J connectivity index is 1.95.